The first-order valence-electron chi connectivity index (χ1n) is 5.84. The number of nitrogens with zero attached hydrogens (tertiary/aromatic N) is 2. The summed E-state index contributed by atoms with van der Waals surface area (Å²) in [5, 5.41) is 13.4. The van der Waals surface area contributed by atoms with Gasteiger partial charge in [0, 0.05) is 13.6 Å². The fourth-order valence-electron chi connectivity index (χ4n) is 1.17. The molecule has 1 heterocycles. The monoisotopic (exact) mass is 236 g/mol. The Bertz CT molecular complexity index is 361. The van der Waals surface area contributed by atoms with Crippen molar-refractivity contribution in [1.82, 2.24) is 15.5 Å². The average molecular weight is 236 g/mol. The molecule has 0 bridgehead atoms. The highest BCUT2D eigenvalue weighted by atomic mass is 16.1. The van der Waals surface area contributed by atoms with E-state index in [0.29, 0.717) is 29.9 Å². The maximum atomic E-state index is 11.7. The molecule has 1 atom stereocenters. The number of carbonyl (C=O) groups excluding carboxylic acids is 1. The van der Waals surface area contributed by atoms with Crippen molar-refractivity contribution in [3.8, 4) is 0 Å². The molecule has 1 aromatic heterocycles. The van der Waals surface area contributed by atoms with Gasteiger partial charge in [0.05, 0.1) is 0 Å². The minimum Gasteiger partial charge on any atom is -0.372 e. The van der Waals surface area contributed by atoms with E-state index in [0.717, 1.165) is 0 Å². The molecule has 1 unspecified atom stereocenters. The van der Waals surface area contributed by atoms with Crippen LogP contribution < -0.4 is 10.6 Å². The zero-order valence-electron chi connectivity index (χ0n) is 10.8. The predicted octanol–water partition coefficient (Wildman–Crippen LogP) is 1.54. The van der Waals surface area contributed by atoms with Crippen molar-refractivity contribution in [1.29, 1.82) is 0 Å². The van der Waals surface area contributed by atoms with Gasteiger partial charge in [-0.3, -0.25) is 4.79 Å². The highest BCUT2D eigenvalue weighted by Gasteiger charge is 2.11. The van der Waals surface area contributed by atoms with Crippen LogP contribution in [0.15, 0.2) is 12.1 Å². The molecule has 1 rings (SSSR count). The van der Waals surface area contributed by atoms with Crippen LogP contribution in [0, 0.1) is 11.8 Å². The van der Waals surface area contributed by atoms with Crippen LogP contribution in [0.25, 0.3) is 0 Å². The third-order valence-corrected chi connectivity index (χ3v) is 2.88. The van der Waals surface area contributed by atoms with E-state index in [-0.39, 0.29) is 5.91 Å². The molecule has 5 nitrogen and oxygen atoms in total. The maximum absolute atomic E-state index is 11.7. The molecule has 0 aromatic carbocycles. The van der Waals surface area contributed by atoms with E-state index in [1.807, 2.05) is 0 Å². The summed E-state index contributed by atoms with van der Waals surface area (Å²) in [6, 6.07) is 3.39. The molecule has 0 saturated carbocycles. The Balaban J connectivity index is 2.52. The zero-order valence-corrected chi connectivity index (χ0v) is 10.8. The van der Waals surface area contributed by atoms with Gasteiger partial charge in [-0.05, 0) is 24.0 Å². The lowest BCUT2D eigenvalue weighted by molar-refractivity contribution is 0.0939. The number of anilines is 1. The van der Waals surface area contributed by atoms with E-state index in [2.05, 4.69) is 41.6 Å². The maximum Gasteiger partial charge on any atom is 0.271 e. The Morgan fingerprint density at radius 3 is 2.47 bits per heavy atom. The first kappa shape index (κ1) is 13.4. The lowest BCUT2D eigenvalue weighted by Gasteiger charge is -2.15. The Kier molecular flexibility index (Phi) is 4.87. The second-order valence-corrected chi connectivity index (χ2v) is 4.49. The number of carbonyl (C=O) groups is 1. The molecule has 0 aliphatic heterocycles. The summed E-state index contributed by atoms with van der Waals surface area (Å²) in [6.45, 7) is 7.05. The molecule has 0 fully saturated rings. The molecule has 1 aromatic rings. The van der Waals surface area contributed by atoms with Crippen LogP contribution in [0.5, 0.6) is 0 Å². The summed E-state index contributed by atoms with van der Waals surface area (Å²) in [7, 11) is 1.76. The van der Waals surface area contributed by atoms with Crippen molar-refractivity contribution >= 4 is 11.7 Å². The van der Waals surface area contributed by atoms with Gasteiger partial charge in [-0.1, -0.05) is 20.8 Å². The van der Waals surface area contributed by atoms with E-state index < -0.39 is 0 Å². The van der Waals surface area contributed by atoms with Gasteiger partial charge in [0.2, 0.25) is 0 Å². The van der Waals surface area contributed by atoms with Gasteiger partial charge < -0.3 is 10.6 Å². The Morgan fingerprint density at radius 2 is 2.00 bits per heavy atom. The first-order valence-corrected chi connectivity index (χ1v) is 5.84. The van der Waals surface area contributed by atoms with Crippen molar-refractivity contribution in [2.45, 2.75) is 20.8 Å². The predicted molar refractivity (Wildman–Crippen MR) is 67.9 cm³/mol. The molecule has 0 radical (unpaired) electrons. The summed E-state index contributed by atoms with van der Waals surface area (Å²) >= 11 is 0. The number of amides is 1. The molecule has 0 aliphatic rings. The molecular weight excluding hydrogens is 216 g/mol. The van der Waals surface area contributed by atoms with Crippen LogP contribution in [0.2, 0.25) is 0 Å². The van der Waals surface area contributed by atoms with Gasteiger partial charge >= 0.3 is 0 Å². The van der Waals surface area contributed by atoms with Crippen molar-refractivity contribution in [3.05, 3.63) is 17.8 Å². The molecule has 0 saturated heterocycles. The van der Waals surface area contributed by atoms with Crippen LogP contribution in [-0.4, -0.2) is 29.7 Å². The summed E-state index contributed by atoms with van der Waals surface area (Å²) in [5.41, 5.74) is 0.347. The molecule has 0 spiro atoms. The highest BCUT2D eigenvalue weighted by molar-refractivity contribution is 5.92. The van der Waals surface area contributed by atoms with Crippen LogP contribution in [0.1, 0.15) is 31.3 Å². The minimum atomic E-state index is -0.173. The SMILES string of the molecule is CNc1ccc(C(=O)NCC(C)C(C)C)nn1. The fourth-order valence-corrected chi connectivity index (χ4v) is 1.17. The van der Waals surface area contributed by atoms with Crippen LogP contribution in [-0.2, 0) is 0 Å². The van der Waals surface area contributed by atoms with E-state index in [4.69, 9.17) is 0 Å². The summed E-state index contributed by atoms with van der Waals surface area (Å²) in [4.78, 5) is 11.7. The van der Waals surface area contributed by atoms with E-state index >= 15 is 0 Å². The number of hydrogen-bond donors (Lipinski definition) is 2. The van der Waals surface area contributed by atoms with Gasteiger partial charge in [0.1, 0.15) is 5.82 Å². The molecule has 0 aliphatic carbocycles. The van der Waals surface area contributed by atoms with Crippen molar-refractivity contribution in [2.75, 3.05) is 18.9 Å². The molecule has 1 amide bonds. The van der Waals surface area contributed by atoms with Crippen LogP contribution >= 0.6 is 0 Å². The minimum absolute atomic E-state index is 0.173. The zero-order chi connectivity index (χ0) is 12.8. The average Bonchev–Trinajstić information content (AvgIpc) is 2.35. The third-order valence-electron chi connectivity index (χ3n) is 2.88. The molecule has 5 heteroatoms. The summed E-state index contributed by atoms with van der Waals surface area (Å²) in [6.07, 6.45) is 0. The van der Waals surface area contributed by atoms with Gasteiger partial charge in [0.15, 0.2) is 5.69 Å². The largest absolute Gasteiger partial charge is 0.372 e. The van der Waals surface area contributed by atoms with Crippen molar-refractivity contribution in [2.24, 2.45) is 11.8 Å². The first-order chi connectivity index (χ1) is 8.04. The summed E-state index contributed by atoms with van der Waals surface area (Å²) < 4.78 is 0. The van der Waals surface area contributed by atoms with Gasteiger partial charge in [-0.2, -0.15) is 0 Å². The number of hydrogen-bond acceptors (Lipinski definition) is 4. The third kappa shape index (κ3) is 4.01. The second-order valence-electron chi connectivity index (χ2n) is 4.49. The lowest BCUT2D eigenvalue weighted by Crippen LogP contribution is -2.30. The van der Waals surface area contributed by atoms with Crippen LogP contribution in [0.4, 0.5) is 5.82 Å². The number of nitrogens with one attached hydrogen (secondary N) is 2. The van der Waals surface area contributed by atoms with E-state index in [1.165, 1.54) is 0 Å². The fraction of sp³-hybridized carbons (Fsp3) is 0.583. The standard InChI is InChI=1S/C12H20N4O/c1-8(2)9(3)7-14-12(17)10-5-6-11(13-4)16-15-10/h5-6,8-9H,7H2,1-4H3,(H,13,16)(H,14,17). The topological polar surface area (TPSA) is 66.9 Å². The molecular formula is C12H20N4O. The number of rotatable bonds is 5. The Hall–Kier alpha value is -1.65. The second kappa shape index (κ2) is 6.18. The van der Waals surface area contributed by atoms with Gasteiger partial charge in [-0.25, -0.2) is 0 Å². The quantitative estimate of drug-likeness (QED) is 0.813. The normalized spacial score (nSPS) is 12.3. The molecule has 17 heavy (non-hydrogen) atoms. The Morgan fingerprint density at radius 1 is 1.29 bits per heavy atom. The summed E-state index contributed by atoms with van der Waals surface area (Å²) in [5.74, 6) is 1.47. The highest BCUT2D eigenvalue weighted by Crippen LogP contribution is 2.08. The van der Waals surface area contributed by atoms with Gasteiger partial charge in [0.25, 0.3) is 5.91 Å². The molecule has 2 N–H and O–H groups in total. The van der Waals surface area contributed by atoms with E-state index in [1.54, 1.807) is 19.2 Å². The molecule has 94 valence electrons. The van der Waals surface area contributed by atoms with Gasteiger partial charge in [-0.15, -0.1) is 10.2 Å². The smallest absolute Gasteiger partial charge is 0.271 e. The van der Waals surface area contributed by atoms with Crippen molar-refractivity contribution < 1.29 is 4.79 Å². The van der Waals surface area contributed by atoms with Crippen molar-refractivity contribution in [3.63, 3.8) is 0 Å². The van der Waals surface area contributed by atoms with E-state index in [9.17, 15) is 4.79 Å². The Labute approximate surface area is 102 Å². The number of aromatic nitrogens is 2. The van der Waals surface area contributed by atoms with Crippen LogP contribution in [0.3, 0.4) is 0 Å². The lowest BCUT2D eigenvalue weighted by atomic mass is 9.98.